The van der Waals surface area contributed by atoms with Crippen molar-refractivity contribution in [2.75, 3.05) is 19.7 Å². The highest BCUT2D eigenvalue weighted by Crippen LogP contribution is 2.20. The highest BCUT2D eigenvalue weighted by molar-refractivity contribution is 6.04. The van der Waals surface area contributed by atoms with Crippen LogP contribution in [0.1, 0.15) is 44.1 Å². The van der Waals surface area contributed by atoms with Crippen LogP contribution < -0.4 is 5.32 Å². The molecular weight excluding hydrogens is 366 g/mol. The van der Waals surface area contributed by atoms with Gasteiger partial charge < -0.3 is 18.9 Å². The normalized spacial score (nSPS) is 15.1. The SMILES string of the molecule is Cn1cccc1C(=O)NC(=O)COC(=O)C1CCN(C(=O)OC(C)(C)C)CC1. The Morgan fingerprint density at radius 3 is 2.36 bits per heavy atom. The summed E-state index contributed by atoms with van der Waals surface area (Å²) < 4.78 is 11.9. The van der Waals surface area contributed by atoms with Gasteiger partial charge in [0.05, 0.1) is 5.92 Å². The molecule has 0 bridgehead atoms. The third kappa shape index (κ3) is 6.11. The highest BCUT2D eigenvalue weighted by Gasteiger charge is 2.31. The molecule has 0 aromatic carbocycles. The van der Waals surface area contributed by atoms with Gasteiger partial charge in [-0.25, -0.2) is 4.79 Å². The minimum absolute atomic E-state index is 0.328. The first-order valence-corrected chi connectivity index (χ1v) is 9.17. The molecule has 1 fully saturated rings. The quantitative estimate of drug-likeness (QED) is 0.777. The number of hydrogen-bond acceptors (Lipinski definition) is 6. The zero-order valence-corrected chi connectivity index (χ0v) is 16.7. The van der Waals surface area contributed by atoms with E-state index < -0.39 is 42.0 Å². The van der Waals surface area contributed by atoms with Crippen LogP contribution in [0.5, 0.6) is 0 Å². The number of aryl methyl sites for hydroxylation is 1. The number of likely N-dealkylation sites (tertiary alicyclic amines) is 1. The number of nitrogens with one attached hydrogen (secondary N) is 1. The number of amides is 3. The first-order chi connectivity index (χ1) is 13.1. The number of rotatable bonds is 4. The van der Waals surface area contributed by atoms with Gasteiger partial charge in [-0.05, 0) is 45.7 Å². The number of esters is 1. The third-order valence-electron chi connectivity index (χ3n) is 4.25. The van der Waals surface area contributed by atoms with Gasteiger partial charge in [-0.15, -0.1) is 0 Å². The lowest BCUT2D eigenvalue weighted by atomic mass is 9.97. The summed E-state index contributed by atoms with van der Waals surface area (Å²) in [5.41, 5.74) is -0.244. The zero-order chi connectivity index (χ0) is 20.9. The summed E-state index contributed by atoms with van der Waals surface area (Å²) in [5.74, 6) is -2.15. The number of carbonyl (C=O) groups is 4. The highest BCUT2D eigenvalue weighted by atomic mass is 16.6. The number of carbonyl (C=O) groups excluding carboxylic acids is 4. The second-order valence-corrected chi connectivity index (χ2v) is 7.73. The van der Waals surface area contributed by atoms with Gasteiger partial charge in [-0.1, -0.05) is 0 Å². The summed E-state index contributed by atoms with van der Waals surface area (Å²) in [6.07, 6.45) is 2.14. The Kier molecular flexibility index (Phi) is 6.82. The van der Waals surface area contributed by atoms with Crippen LogP contribution in [0.25, 0.3) is 0 Å². The maximum atomic E-state index is 12.2. The zero-order valence-electron chi connectivity index (χ0n) is 16.7. The van der Waals surface area contributed by atoms with Gasteiger partial charge in [-0.2, -0.15) is 0 Å². The van der Waals surface area contributed by atoms with Crippen LogP contribution in [0.3, 0.4) is 0 Å². The minimum atomic E-state index is -0.689. The fraction of sp³-hybridized carbons (Fsp3) is 0.579. The second kappa shape index (κ2) is 8.90. The lowest BCUT2D eigenvalue weighted by Crippen LogP contribution is -2.43. The molecule has 2 heterocycles. The third-order valence-corrected chi connectivity index (χ3v) is 4.25. The van der Waals surface area contributed by atoms with Gasteiger partial charge in [0, 0.05) is 26.3 Å². The monoisotopic (exact) mass is 393 g/mol. The van der Waals surface area contributed by atoms with Crippen molar-refractivity contribution in [3.05, 3.63) is 24.0 Å². The van der Waals surface area contributed by atoms with Crippen LogP contribution in [-0.2, 0) is 26.1 Å². The Balaban J connectivity index is 1.72. The summed E-state index contributed by atoms with van der Waals surface area (Å²) in [6, 6.07) is 3.26. The van der Waals surface area contributed by atoms with E-state index in [2.05, 4.69) is 5.32 Å². The van der Waals surface area contributed by atoms with Gasteiger partial charge in [0.15, 0.2) is 6.61 Å². The predicted octanol–water partition coefficient (Wildman–Crippen LogP) is 1.47. The van der Waals surface area contributed by atoms with Gasteiger partial charge in [0.25, 0.3) is 11.8 Å². The fourth-order valence-corrected chi connectivity index (χ4v) is 2.80. The van der Waals surface area contributed by atoms with Gasteiger partial charge in [-0.3, -0.25) is 19.7 Å². The van der Waals surface area contributed by atoms with Crippen molar-refractivity contribution in [1.82, 2.24) is 14.8 Å². The lowest BCUT2D eigenvalue weighted by Gasteiger charge is -2.32. The van der Waals surface area contributed by atoms with E-state index >= 15 is 0 Å². The van der Waals surface area contributed by atoms with E-state index in [-0.39, 0.29) is 0 Å². The maximum absolute atomic E-state index is 12.2. The van der Waals surface area contributed by atoms with E-state index in [4.69, 9.17) is 9.47 Å². The van der Waals surface area contributed by atoms with E-state index in [1.807, 2.05) is 0 Å². The Morgan fingerprint density at radius 2 is 1.82 bits per heavy atom. The minimum Gasteiger partial charge on any atom is -0.455 e. The van der Waals surface area contributed by atoms with Crippen LogP contribution in [0.4, 0.5) is 4.79 Å². The molecule has 1 aromatic rings. The van der Waals surface area contributed by atoms with Crippen molar-refractivity contribution in [1.29, 1.82) is 0 Å². The number of hydrogen-bond donors (Lipinski definition) is 1. The molecular formula is C19H27N3O6. The Bertz CT molecular complexity index is 741. The number of ether oxygens (including phenoxy) is 2. The summed E-state index contributed by atoms with van der Waals surface area (Å²) in [4.78, 5) is 49.5. The molecule has 0 atom stereocenters. The number of nitrogens with zero attached hydrogens (tertiary/aromatic N) is 2. The maximum Gasteiger partial charge on any atom is 0.410 e. The van der Waals surface area contributed by atoms with E-state index in [0.29, 0.717) is 31.6 Å². The first-order valence-electron chi connectivity index (χ1n) is 9.17. The lowest BCUT2D eigenvalue weighted by molar-refractivity contribution is -0.153. The summed E-state index contributed by atoms with van der Waals surface area (Å²) in [7, 11) is 1.68. The molecule has 1 saturated heterocycles. The van der Waals surface area contributed by atoms with Gasteiger partial charge >= 0.3 is 12.1 Å². The molecule has 1 aromatic heterocycles. The van der Waals surface area contributed by atoms with Crippen molar-refractivity contribution in [2.45, 2.75) is 39.2 Å². The topological polar surface area (TPSA) is 107 Å². The molecule has 1 aliphatic rings. The van der Waals surface area contributed by atoms with Crippen LogP contribution in [0.15, 0.2) is 18.3 Å². The van der Waals surface area contributed by atoms with E-state index in [9.17, 15) is 19.2 Å². The first kappa shape index (κ1) is 21.5. The van der Waals surface area contributed by atoms with Crippen molar-refractivity contribution in [2.24, 2.45) is 13.0 Å². The van der Waals surface area contributed by atoms with Crippen LogP contribution in [0, 0.1) is 5.92 Å². The molecule has 3 amide bonds. The van der Waals surface area contributed by atoms with Crippen molar-refractivity contribution >= 4 is 23.9 Å². The summed E-state index contributed by atoms with van der Waals surface area (Å²) in [5, 5.41) is 2.18. The number of piperidine rings is 1. The predicted molar refractivity (Wildman–Crippen MR) is 99.4 cm³/mol. The van der Waals surface area contributed by atoms with E-state index in [1.54, 1.807) is 55.6 Å². The van der Waals surface area contributed by atoms with Crippen LogP contribution in [0.2, 0.25) is 0 Å². The molecule has 0 spiro atoms. The van der Waals surface area contributed by atoms with Crippen LogP contribution in [-0.4, -0.2) is 58.6 Å². The van der Waals surface area contributed by atoms with E-state index in [0.717, 1.165) is 0 Å². The average molecular weight is 393 g/mol. The fourth-order valence-electron chi connectivity index (χ4n) is 2.80. The van der Waals surface area contributed by atoms with Crippen molar-refractivity contribution in [3.8, 4) is 0 Å². The molecule has 0 unspecified atom stereocenters. The Morgan fingerprint density at radius 1 is 1.18 bits per heavy atom. The standard InChI is InChI=1S/C19H27N3O6/c1-19(2,3)28-18(26)22-10-7-13(8-11-22)17(25)27-12-15(23)20-16(24)14-6-5-9-21(14)4/h5-6,9,13H,7-8,10-12H2,1-4H3,(H,20,23,24). The second-order valence-electron chi connectivity index (χ2n) is 7.73. The van der Waals surface area contributed by atoms with Crippen molar-refractivity contribution in [3.63, 3.8) is 0 Å². The van der Waals surface area contributed by atoms with Gasteiger partial charge in [0.2, 0.25) is 0 Å². The molecule has 28 heavy (non-hydrogen) atoms. The van der Waals surface area contributed by atoms with Crippen LogP contribution >= 0.6 is 0 Å². The Hall–Kier alpha value is -2.84. The molecule has 9 nitrogen and oxygen atoms in total. The summed E-state index contributed by atoms with van der Waals surface area (Å²) in [6.45, 7) is 5.62. The number of imide groups is 1. The van der Waals surface area contributed by atoms with Gasteiger partial charge in [0.1, 0.15) is 11.3 Å². The van der Waals surface area contributed by atoms with E-state index in [1.165, 1.54) is 0 Å². The molecule has 0 radical (unpaired) electrons. The Labute approximate surface area is 164 Å². The average Bonchev–Trinajstić information content (AvgIpc) is 3.04. The molecule has 154 valence electrons. The molecule has 1 aliphatic heterocycles. The largest absolute Gasteiger partial charge is 0.455 e. The summed E-state index contributed by atoms with van der Waals surface area (Å²) >= 11 is 0. The number of aromatic nitrogens is 1. The molecule has 2 rings (SSSR count). The molecule has 0 saturated carbocycles. The molecule has 1 N–H and O–H groups in total. The molecule has 9 heteroatoms. The molecule has 0 aliphatic carbocycles. The van der Waals surface area contributed by atoms with Crippen molar-refractivity contribution < 1.29 is 28.7 Å². The smallest absolute Gasteiger partial charge is 0.410 e.